The minimum Gasteiger partial charge on any atom is -0.330 e. The smallest absolute Gasteiger partial charge is 0.160 e. The fraction of sp³-hybridized carbons (Fsp3) is 0.333. The van der Waals surface area contributed by atoms with Gasteiger partial charge in [0, 0.05) is 5.69 Å². The maximum absolute atomic E-state index is 5.46. The second kappa shape index (κ2) is 3.53. The van der Waals surface area contributed by atoms with Crippen LogP contribution in [-0.4, -0.2) is 21.1 Å². The zero-order valence-corrected chi connectivity index (χ0v) is 7.35. The molecule has 13 heavy (non-hydrogen) atoms. The third-order valence-electron chi connectivity index (χ3n) is 2.05. The summed E-state index contributed by atoms with van der Waals surface area (Å²) in [6.07, 6.45) is 3.71. The molecule has 0 fully saturated rings. The lowest BCUT2D eigenvalue weighted by molar-refractivity contribution is 0.797. The van der Waals surface area contributed by atoms with Crippen molar-refractivity contribution in [1.29, 1.82) is 0 Å². The molecule has 2 aromatic heterocycles. The number of nitrogens with two attached hydrogens (primary N) is 1. The van der Waals surface area contributed by atoms with E-state index in [2.05, 4.69) is 16.3 Å². The van der Waals surface area contributed by atoms with Crippen LogP contribution in [0.3, 0.4) is 0 Å². The fourth-order valence-electron chi connectivity index (χ4n) is 1.39. The highest BCUT2D eigenvalue weighted by Crippen LogP contribution is 2.06. The van der Waals surface area contributed by atoms with Crippen LogP contribution in [-0.2, 0) is 6.42 Å². The normalized spacial score (nSPS) is 10.8. The summed E-state index contributed by atoms with van der Waals surface area (Å²) in [5.74, 6) is 0. The van der Waals surface area contributed by atoms with E-state index in [-0.39, 0.29) is 0 Å². The Labute approximate surface area is 76.4 Å². The predicted molar refractivity (Wildman–Crippen MR) is 50.4 cm³/mol. The van der Waals surface area contributed by atoms with Gasteiger partial charge in [-0.25, -0.2) is 0 Å². The maximum Gasteiger partial charge on any atom is 0.160 e. The van der Waals surface area contributed by atoms with Gasteiger partial charge in [-0.3, -0.25) is 4.40 Å². The molecule has 0 aliphatic heterocycles. The molecule has 68 valence electrons. The van der Waals surface area contributed by atoms with Gasteiger partial charge in [0.05, 0.1) is 0 Å². The zero-order valence-electron chi connectivity index (χ0n) is 7.35. The van der Waals surface area contributed by atoms with Crippen LogP contribution in [0, 0.1) is 0 Å². The summed E-state index contributed by atoms with van der Waals surface area (Å²) in [5.41, 5.74) is 7.57. The highest BCUT2D eigenvalue weighted by atomic mass is 15.2. The van der Waals surface area contributed by atoms with Crippen molar-refractivity contribution in [2.45, 2.75) is 12.8 Å². The summed E-state index contributed by atoms with van der Waals surface area (Å²) < 4.78 is 2.00. The molecule has 0 saturated heterocycles. The van der Waals surface area contributed by atoms with Crippen LogP contribution in [0.4, 0.5) is 0 Å². The van der Waals surface area contributed by atoms with Gasteiger partial charge >= 0.3 is 0 Å². The Hall–Kier alpha value is -1.42. The van der Waals surface area contributed by atoms with Crippen molar-refractivity contribution >= 4 is 5.65 Å². The average Bonchev–Trinajstić information content (AvgIpc) is 2.62. The van der Waals surface area contributed by atoms with Crippen LogP contribution in [0.2, 0.25) is 0 Å². The third-order valence-corrected chi connectivity index (χ3v) is 2.05. The molecule has 0 aliphatic carbocycles. The van der Waals surface area contributed by atoms with E-state index < -0.39 is 0 Å². The van der Waals surface area contributed by atoms with E-state index in [4.69, 9.17) is 5.73 Å². The van der Waals surface area contributed by atoms with Gasteiger partial charge < -0.3 is 5.73 Å². The second-order valence-corrected chi connectivity index (χ2v) is 2.97. The first-order chi connectivity index (χ1) is 6.42. The van der Waals surface area contributed by atoms with Gasteiger partial charge in [-0.05, 0) is 31.5 Å². The molecule has 0 saturated carbocycles. The maximum atomic E-state index is 5.46. The second-order valence-electron chi connectivity index (χ2n) is 2.97. The van der Waals surface area contributed by atoms with E-state index in [0.717, 1.165) is 25.0 Å². The molecule has 2 rings (SSSR count). The third kappa shape index (κ3) is 1.53. The fourth-order valence-corrected chi connectivity index (χ4v) is 1.39. The molecule has 0 aliphatic rings. The molecular formula is C9H12N4. The van der Waals surface area contributed by atoms with Crippen molar-refractivity contribution in [1.82, 2.24) is 14.6 Å². The van der Waals surface area contributed by atoms with E-state index in [9.17, 15) is 0 Å². The molecule has 2 N–H and O–H groups in total. The lowest BCUT2D eigenvalue weighted by Crippen LogP contribution is -2.03. The highest BCUT2D eigenvalue weighted by Gasteiger charge is 1.99. The first-order valence-electron chi connectivity index (χ1n) is 4.39. The number of nitrogens with zero attached hydrogens (tertiary/aromatic N) is 3. The summed E-state index contributed by atoms with van der Waals surface area (Å²) in [6, 6.07) is 6.01. The minimum atomic E-state index is 0.721. The standard InChI is InChI=1S/C9H12N4/c10-6-2-4-8-3-1-5-9-12-11-7-13(8)9/h1,3,5,7H,2,4,6,10H2. The Morgan fingerprint density at radius 2 is 2.31 bits per heavy atom. The molecule has 0 radical (unpaired) electrons. The van der Waals surface area contributed by atoms with Crippen LogP contribution in [0.25, 0.3) is 5.65 Å². The van der Waals surface area contributed by atoms with Gasteiger partial charge in [0.15, 0.2) is 5.65 Å². The van der Waals surface area contributed by atoms with Gasteiger partial charge in [-0.1, -0.05) is 6.07 Å². The summed E-state index contributed by atoms with van der Waals surface area (Å²) in [5, 5.41) is 7.82. The molecule has 0 bridgehead atoms. The average molecular weight is 176 g/mol. The molecule has 0 atom stereocenters. The summed E-state index contributed by atoms with van der Waals surface area (Å²) >= 11 is 0. The highest BCUT2D eigenvalue weighted by molar-refractivity contribution is 5.37. The van der Waals surface area contributed by atoms with Crippen LogP contribution >= 0.6 is 0 Å². The van der Waals surface area contributed by atoms with Crippen LogP contribution in [0.1, 0.15) is 12.1 Å². The molecule has 0 spiro atoms. The van der Waals surface area contributed by atoms with Gasteiger partial charge in [-0.15, -0.1) is 10.2 Å². The Morgan fingerprint density at radius 3 is 3.15 bits per heavy atom. The van der Waals surface area contributed by atoms with Gasteiger partial charge in [0.2, 0.25) is 0 Å². The van der Waals surface area contributed by atoms with Crippen molar-refractivity contribution in [3.63, 3.8) is 0 Å². The lowest BCUT2D eigenvalue weighted by Gasteiger charge is -2.02. The minimum absolute atomic E-state index is 0.721. The van der Waals surface area contributed by atoms with Gasteiger partial charge in [0.1, 0.15) is 6.33 Å². The first kappa shape index (κ1) is 8.19. The number of aryl methyl sites for hydroxylation is 1. The van der Waals surface area contributed by atoms with E-state index in [0.29, 0.717) is 0 Å². The number of hydrogen-bond donors (Lipinski definition) is 1. The van der Waals surface area contributed by atoms with Gasteiger partial charge in [0.25, 0.3) is 0 Å². The number of aromatic nitrogens is 3. The van der Waals surface area contributed by atoms with Gasteiger partial charge in [-0.2, -0.15) is 0 Å². The summed E-state index contributed by atoms with van der Waals surface area (Å²) in [6.45, 7) is 0.721. The van der Waals surface area contributed by atoms with Crippen LogP contribution in [0.5, 0.6) is 0 Å². The monoisotopic (exact) mass is 176 g/mol. The molecular weight excluding hydrogens is 164 g/mol. The largest absolute Gasteiger partial charge is 0.330 e. The zero-order chi connectivity index (χ0) is 9.10. The predicted octanol–water partition coefficient (Wildman–Crippen LogP) is 0.621. The molecule has 0 aromatic carbocycles. The molecule has 0 amide bonds. The Kier molecular flexibility index (Phi) is 2.23. The van der Waals surface area contributed by atoms with E-state index in [1.54, 1.807) is 6.33 Å². The Morgan fingerprint density at radius 1 is 1.38 bits per heavy atom. The topological polar surface area (TPSA) is 56.2 Å². The van der Waals surface area contributed by atoms with Crippen molar-refractivity contribution < 1.29 is 0 Å². The van der Waals surface area contributed by atoms with Crippen LogP contribution < -0.4 is 5.73 Å². The molecule has 2 heterocycles. The Bertz CT molecular complexity index is 393. The SMILES string of the molecule is NCCCc1cccc2nncn12. The molecule has 4 heteroatoms. The lowest BCUT2D eigenvalue weighted by atomic mass is 10.2. The first-order valence-corrected chi connectivity index (χ1v) is 4.39. The number of fused-ring (bicyclic) bond motifs is 1. The molecule has 2 aromatic rings. The Balaban J connectivity index is 2.37. The van der Waals surface area contributed by atoms with Crippen molar-refractivity contribution in [3.05, 3.63) is 30.2 Å². The molecule has 0 unspecified atom stereocenters. The van der Waals surface area contributed by atoms with Crippen LogP contribution in [0.15, 0.2) is 24.5 Å². The quantitative estimate of drug-likeness (QED) is 0.745. The number of hydrogen-bond acceptors (Lipinski definition) is 3. The summed E-state index contributed by atoms with van der Waals surface area (Å²) in [4.78, 5) is 0. The molecule has 4 nitrogen and oxygen atoms in total. The number of rotatable bonds is 3. The van der Waals surface area contributed by atoms with Crippen molar-refractivity contribution in [3.8, 4) is 0 Å². The number of pyridine rings is 1. The summed E-state index contributed by atoms with van der Waals surface area (Å²) in [7, 11) is 0. The van der Waals surface area contributed by atoms with Crippen molar-refractivity contribution in [2.75, 3.05) is 6.54 Å². The van der Waals surface area contributed by atoms with Crippen molar-refractivity contribution in [2.24, 2.45) is 5.73 Å². The van der Waals surface area contributed by atoms with E-state index in [1.807, 2.05) is 16.5 Å². The van der Waals surface area contributed by atoms with E-state index in [1.165, 1.54) is 5.69 Å². The van der Waals surface area contributed by atoms with E-state index >= 15 is 0 Å².